The molecule has 30 heavy (non-hydrogen) atoms. The van der Waals surface area contributed by atoms with Crippen molar-refractivity contribution in [2.75, 3.05) is 19.6 Å². The van der Waals surface area contributed by atoms with E-state index in [0.717, 1.165) is 50.3 Å². The van der Waals surface area contributed by atoms with Gasteiger partial charge in [0.05, 0.1) is 5.92 Å². The molecule has 0 bridgehead atoms. The van der Waals surface area contributed by atoms with E-state index >= 15 is 0 Å². The van der Waals surface area contributed by atoms with Gasteiger partial charge in [-0.3, -0.25) is 9.69 Å². The van der Waals surface area contributed by atoms with Crippen LogP contribution in [0.5, 0.6) is 0 Å². The molecule has 3 fully saturated rings. The summed E-state index contributed by atoms with van der Waals surface area (Å²) in [7, 11) is 0. The number of benzene rings is 1. The molecule has 1 aromatic carbocycles. The van der Waals surface area contributed by atoms with Crippen molar-refractivity contribution in [3.8, 4) is 0 Å². The quantitative estimate of drug-likeness (QED) is 0.456. The lowest BCUT2D eigenvalue weighted by atomic mass is 9.55. The lowest BCUT2D eigenvalue weighted by Crippen LogP contribution is -2.46. The van der Waals surface area contributed by atoms with Crippen LogP contribution in [0.25, 0.3) is 5.57 Å². The largest absolute Gasteiger partial charge is 0.462 e. The van der Waals surface area contributed by atoms with Crippen LogP contribution in [0, 0.1) is 23.2 Å². The molecule has 2 heterocycles. The zero-order valence-electron chi connectivity index (χ0n) is 17.9. The topological polar surface area (TPSA) is 29.5 Å². The highest BCUT2D eigenvalue weighted by atomic mass is 35.5. The second-order valence-corrected chi connectivity index (χ2v) is 10.6. The first kappa shape index (κ1) is 20.3. The number of esters is 1. The molecule has 160 valence electrons. The smallest absolute Gasteiger partial charge is 0.310 e. The molecular formula is C26H32ClNO2. The fourth-order valence-electron chi connectivity index (χ4n) is 6.55. The van der Waals surface area contributed by atoms with Crippen LogP contribution in [0.3, 0.4) is 0 Å². The molecule has 0 N–H and O–H groups in total. The van der Waals surface area contributed by atoms with Crippen molar-refractivity contribution in [2.24, 2.45) is 23.2 Å². The second kappa shape index (κ2) is 7.84. The minimum Gasteiger partial charge on any atom is -0.462 e. The first-order valence-electron chi connectivity index (χ1n) is 11.5. The van der Waals surface area contributed by atoms with E-state index in [1.165, 1.54) is 29.6 Å². The maximum Gasteiger partial charge on any atom is 0.310 e. The van der Waals surface area contributed by atoms with Crippen LogP contribution in [0.15, 0.2) is 42.5 Å². The van der Waals surface area contributed by atoms with Crippen molar-refractivity contribution in [1.82, 2.24) is 4.90 Å². The molecule has 0 radical (unpaired) electrons. The Morgan fingerprint density at radius 1 is 1.27 bits per heavy atom. The number of ether oxygens (including phenoxy) is 1. The van der Waals surface area contributed by atoms with Gasteiger partial charge in [-0.1, -0.05) is 48.9 Å². The normalized spacial score (nSPS) is 36.7. The van der Waals surface area contributed by atoms with Crippen molar-refractivity contribution in [3.63, 3.8) is 0 Å². The summed E-state index contributed by atoms with van der Waals surface area (Å²) in [6, 6.07) is 8.10. The average molecular weight is 426 g/mol. The Morgan fingerprint density at radius 2 is 2.07 bits per heavy atom. The van der Waals surface area contributed by atoms with Crippen LogP contribution < -0.4 is 0 Å². The highest BCUT2D eigenvalue weighted by molar-refractivity contribution is 6.30. The summed E-state index contributed by atoms with van der Waals surface area (Å²) in [5, 5.41) is 0.773. The van der Waals surface area contributed by atoms with E-state index in [4.69, 9.17) is 16.3 Å². The van der Waals surface area contributed by atoms with Crippen molar-refractivity contribution in [1.29, 1.82) is 0 Å². The lowest BCUT2D eigenvalue weighted by molar-refractivity contribution is -0.146. The number of hydrogen-bond acceptors (Lipinski definition) is 3. The van der Waals surface area contributed by atoms with Crippen LogP contribution in [-0.4, -0.2) is 36.6 Å². The van der Waals surface area contributed by atoms with E-state index in [9.17, 15) is 4.79 Å². The van der Waals surface area contributed by atoms with Crippen molar-refractivity contribution in [3.05, 3.63) is 53.1 Å². The van der Waals surface area contributed by atoms with Gasteiger partial charge in [-0.15, -0.1) is 0 Å². The number of rotatable bonds is 3. The van der Waals surface area contributed by atoms with Gasteiger partial charge in [-0.25, -0.2) is 0 Å². The SMILES string of the molecule is C=C1CCC[C@]2(C)C[C@H]3OC(=O)[C@H](CN4CC=C(c5ccc(Cl)cc5)CC4)[C@H]3C[C@H]12. The van der Waals surface area contributed by atoms with Crippen molar-refractivity contribution >= 4 is 23.1 Å². The Kier molecular flexibility index (Phi) is 5.31. The Balaban J connectivity index is 1.26. The van der Waals surface area contributed by atoms with Gasteiger partial charge in [0.15, 0.2) is 0 Å². The number of halogens is 1. The van der Waals surface area contributed by atoms with Crippen LogP contribution in [0.4, 0.5) is 0 Å². The van der Waals surface area contributed by atoms with E-state index in [2.05, 4.69) is 36.6 Å². The molecule has 0 unspecified atom stereocenters. The van der Waals surface area contributed by atoms with Gasteiger partial charge in [-0.05, 0) is 73.1 Å². The minimum absolute atomic E-state index is 0.0137. The maximum absolute atomic E-state index is 12.8. The fraction of sp³-hybridized carbons (Fsp3) is 0.577. The molecule has 2 aliphatic carbocycles. The lowest BCUT2D eigenvalue weighted by Gasteiger charge is -2.50. The monoisotopic (exact) mass is 425 g/mol. The van der Waals surface area contributed by atoms with Crippen LogP contribution in [0.1, 0.15) is 51.0 Å². The van der Waals surface area contributed by atoms with Crippen LogP contribution >= 0.6 is 11.6 Å². The molecule has 0 aromatic heterocycles. The molecule has 1 aromatic rings. The molecule has 0 spiro atoms. The number of hydrogen-bond donors (Lipinski definition) is 0. The standard InChI is InChI=1S/C26H32ClNO2/c1-17-4-3-11-26(2)15-24-21(14-23(17)26)22(25(29)30-24)16-28-12-9-19(10-13-28)18-5-7-20(27)8-6-18/h5-9,21-24H,1,3-4,10-16H2,2H3/t21-,22-,23-,24-,26-/m1/s1. The third-order valence-electron chi connectivity index (χ3n) is 8.28. The predicted molar refractivity (Wildman–Crippen MR) is 121 cm³/mol. The predicted octanol–water partition coefficient (Wildman–Crippen LogP) is 5.74. The zero-order chi connectivity index (χ0) is 20.9. The van der Waals surface area contributed by atoms with Crippen molar-refractivity contribution in [2.45, 2.75) is 51.6 Å². The summed E-state index contributed by atoms with van der Waals surface area (Å²) < 4.78 is 5.95. The van der Waals surface area contributed by atoms with E-state index in [0.29, 0.717) is 11.8 Å². The van der Waals surface area contributed by atoms with Crippen LogP contribution in [0.2, 0.25) is 5.02 Å². The summed E-state index contributed by atoms with van der Waals surface area (Å²) in [6.07, 6.45) is 9.16. The van der Waals surface area contributed by atoms with Crippen molar-refractivity contribution < 1.29 is 9.53 Å². The number of carbonyl (C=O) groups excluding carboxylic acids is 1. The summed E-state index contributed by atoms with van der Waals surface area (Å²) in [5.74, 6) is 0.958. The van der Waals surface area contributed by atoms with E-state index < -0.39 is 0 Å². The van der Waals surface area contributed by atoms with E-state index in [-0.39, 0.29) is 23.4 Å². The summed E-state index contributed by atoms with van der Waals surface area (Å²) >= 11 is 6.02. The molecular weight excluding hydrogens is 394 g/mol. The molecule has 2 saturated carbocycles. The Bertz CT molecular complexity index is 876. The molecule has 4 aliphatic rings. The highest BCUT2D eigenvalue weighted by Crippen LogP contribution is 2.57. The van der Waals surface area contributed by atoms with Gasteiger partial charge in [0.25, 0.3) is 0 Å². The van der Waals surface area contributed by atoms with Gasteiger partial charge < -0.3 is 4.74 Å². The molecule has 0 amide bonds. The number of nitrogens with zero attached hydrogens (tertiary/aromatic N) is 1. The molecule has 3 nitrogen and oxygen atoms in total. The number of fused-ring (bicyclic) bond motifs is 2. The Hall–Kier alpha value is -1.58. The molecule has 4 heteroatoms. The first-order chi connectivity index (χ1) is 14.4. The Morgan fingerprint density at radius 3 is 2.80 bits per heavy atom. The molecule has 1 saturated heterocycles. The van der Waals surface area contributed by atoms with Gasteiger partial charge in [0.1, 0.15) is 6.10 Å². The maximum atomic E-state index is 12.8. The minimum atomic E-state index is 0.0137. The third-order valence-corrected chi connectivity index (χ3v) is 8.53. The summed E-state index contributed by atoms with van der Waals surface area (Å²) in [4.78, 5) is 15.3. The highest BCUT2D eigenvalue weighted by Gasteiger charge is 2.55. The molecule has 2 aliphatic heterocycles. The van der Waals surface area contributed by atoms with Gasteiger partial charge in [0, 0.05) is 30.6 Å². The average Bonchev–Trinajstić information content (AvgIpc) is 3.01. The Labute approximate surface area is 185 Å². The summed E-state index contributed by atoms with van der Waals surface area (Å²) in [5.41, 5.74) is 4.31. The molecule has 5 rings (SSSR count). The van der Waals surface area contributed by atoms with E-state index in [1.54, 1.807) is 0 Å². The van der Waals surface area contributed by atoms with Gasteiger partial charge in [-0.2, -0.15) is 0 Å². The molecule has 5 atom stereocenters. The zero-order valence-corrected chi connectivity index (χ0v) is 18.7. The van der Waals surface area contributed by atoms with Gasteiger partial charge in [0.2, 0.25) is 0 Å². The number of allylic oxidation sites excluding steroid dienone is 1. The number of carbonyl (C=O) groups is 1. The second-order valence-electron chi connectivity index (χ2n) is 10.1. The van der Waals surface area contributed by atoms with Gasteiger partial charge >= 0.3 is 5.97 Å². The van der Waals surface area contributed by atoms with Crippen LogP contribution in [-0.2, 0) is 9.53 Å². The fourth-order valence-corrected chi connectivity index (χ4v) is 6.67. The third kappa shape index (κ3) is 3.65. The summed E-state index contributed by atoms with van der Waals surface area (Å²) in [6.45, 7) is 9.51. The van der Waals surface area contributed by atoms with E-state index in [1.807, 2.05) is 12.1 Å². The first-order valence-corrected chi connectivity index (χ1v) is 11.9.